The molecule has 4 rings (SSSR count). The van der Waals surface area contributed by atoms with Gasteiger partial charge in [-0.05, 0) is 83.3 Å². The molecule has 0 atom stereocenters. The minimum absolute atomic E-state index is 0.759. The van der Waals surface area contributed by atoms with Crippen LogP contribution in [0.15, 0.2) is 84.9 Å². The maximum absolute atomic E-state index is 5.45. The van der Waals surface area contributed by atoms with Crippen molar-refractivity contribution < 1.29 is 18.9 Å². The third-order valence-electron chi connectivity index (χ3n) is 6.49. The zero-order valence-electron chi connectivity index (χ0n) is 21.5. The van der Waals surface area contributed by atoms with E-state index in [1.165, 1.54) is 33.4 Å². The topological polar surface area (TPSA) is 36.9 Å². The van der Waals surface area contributed by atoms with Gasteiger partial charge in [-0.15, -0.1) is 0 Å². The zero-order chi connectivity index (χ0) is 25.3. The van der Waals surface area contributed by atoms with Crippen LogP contribution in [-0.2, 0) is 25.7 Å². The summed E-state index contributed by atoms with van der Waals surface area (Å²) in [5, 5.41) is 0. The van der Waals surface area contributed by atoms with Crippen LogP contribution in [0.25, 0.3) is 11.1 Å². The Kier molecular flexibility index (Phi) is 8.51. The molecule has 0 fully saturated rings. The number of aryl methyl sites for hydroxylation is 4. The molecular formula is C32H34O4. The average molecular weight is 483 g/mol. The number of rotatable bonds is 11. The highest BCUT2D eigenvalue weighted by molar-refractivity contribution is 5.65. The fraction of sp³-hybridized carbons (Fsp3) is 0.250. The van der Waals surface area contributed by atoms with Crippen molar-refractivity contribution in [3.05, 3.63) is 107 Å². The van der Waals surface area contributed by atoms with Crippen LogP contribution in [0.2, 0.25) is 0 Å². The van der Waals surface area contributed by atoms with Crippen molar-refractivity contribution in [2.45, 2.75) is 25.7 Å². The first-order valence-electron chi connectivity index (χ1n) is 12.2. The lowest BCUT2D eigenvalue weighted by atomic mass is 9.96. The van der Waals surface area contributed by atoms with Crippen LogP contribution >= 0.6 is 0 Å². The van der Waals surface area contributed by atoms with E-state index in [2.05, 4.69) is 72.8 Å². The Morgan fingerprint density at radius 3 is 1.11 bits per heavy atom. The largest absolute Gasteiger partial charge is 0.493 e. The fourth-order valence-corrected chi connectivity index (χ4v) is 4.46. The SMILES string of the molecule is COc1ccc(CCc2cccc(-c3cccc(CCc4ccc(OC)c(OC)c4)c3)c2)cc1OC. The summed E-state index contributed by atoms with van der Waals surface area (Å²) < 4.78 is 21.6. The molecule has 0 aliphatic carbocycles. The lowest BCUT2D eigenvalue weighted by Crippen LogP contribution is -1.96. The standard InChI is InChI=1S/C32H34O4/c1-33-29-17-15-25(21-31(29)35-3)13-11-23-7-5-9-27(19-23)28-10-6-8-24(20-28)12-14-26-16-18-30(34-2)32(22-26)36-4/h5-10,15-22H,11-14H2,1-4H3. The van der Waals surface area contributed by atoms with Gasteiger partial charge in [-0.2, -0.15) is 0 Å². The van der Waals surface area contributed by atoms with Gasteiger partial charge in [0.25, 0.3) is 0 Å². The van der Waals surface area contributed by atoms with Crippen molar-refractivity contribution in [2.24, 2.45) is 0 Å². The van der Waals surface area contributed by atoms with Crippen molar-refractivity contribution in [1.29, 1.82) is 0 Å². The number of benzene rings is 4. The monoisotopic (exact) mass is 482 g/mol. The Hall–Kier alpha value is -3.92. The fourth-order valence-electron chi connectivity index (χ4n) is 4.46. The van der Waals surface area contributed by atoms with E-state index < -0.39 is 0 Å². The van der Waals surface area contributed by atoms with Crippen molar-refractivity contribution in [3.8, 4) is 34.1 Å². The second kappa shape index (κ2) is 12.2. The Bertz CT molecular complexity index is 1190. The molecule has 4 nitrogen and oxygen atoms in total. The molecular weight excluding hydrogens is 448 g/mol. The van der Waals surface area contributed by atoms with Crippen molar-refractivity contribution in [3.63, 3.8) is 0 Å². The first-order valence-corrected chi connectivity index (χ1v) is 12.2. The Morgan fingerprint density at radius 2 is 0.750 bits per heavy atom. The molecule has 0 spiro atoms. The normalized spacial score (nSPS) is 10.7. The molecule has 186 valence electrons. The quantitative estimate of drug-likeness (QED) is 0.232. The zero-order valence-corrected chi connectivity index (χ0v) is 21.5. The molecule has 0 unspecified atom stereocenters. The third-order valence-corrected chi connectivity index (χ3v) is 6.49. The molecule has 0 radical (unpaired) electrons. The molecule has 0 bridgehead atoms. The van der Waals surface area contributed by atoms with Gasteiger partial charge in [-0.3, -0.25) is 0 Å². The summed E-state index contributed by atoms with van der Waals surface area (Å²) >= 11 is 0. The molecule has 0 saturated carbocycles. The van der Waals surface area contributed by atoms with Crippen LogP contribution in [0.5, 0.6) is 23.0 Å². The van der Waals surface area contributed by atoms with Gasteiger partial charge in [0.15, 0.2) is 23.0 Å². The summed E-state index contributed by atoms with van der Waals surface area (Å²) in [4.78, 5) is 0. The molecule has 0 aliphatic rings. The molecule has 36 heavy (non-hydrogen) atoms. The van der Waals surface area contributed by atoms with E-state index in [0.717, 1.165) is 48.7 Å². The lowest BCUT2D eigenvalue weighted by molar-refractivity contribution is 0.354. The van der Waals surface area contributed by atoms with E-state index in [4.69, 9.17) is 18.9 Å². The summed E-state index contributed by atoms with van der Waals surface area (Å²) in [6.07, 6.45) is 3.80. The van der Waals surface area contributed by atoms with Gasteiger partial charge in [0.05, 0.1) is 28.4 Å². The molecule has 4 aromatic rings. The molecule has 0 N–H and O–H groups in total. The van der Waals surface area contributed by atoms with Crippen LogP contribution in [0.4, 0.5) is 0 Å². The van der Waals surface area contributed by atoms with E-state index in [1.54, 1.807) is 28.4 Å². The van der Waals surface area contributed by atoms with Crippen molar-refractivity contribution in [1.82, 2.24) is 0 Å². The van der Waals surface area contributed by atoms with Crippen LogP contribution in [-0.4, -0.2) is 28.4 Å². The van der Waals surface area contributed by atoms with Gasteiger partial charge < -0.3 is 18.9 Å². The maximum atomic E-state index is 5.45. The number of hydrogen-bond acceptors (Lipinski definition) is 4. The number of hydrogen-bond donors (Lipinski definition) is 0. The summed E-state index contributed by atoms with van der Waals surface area (Å²) in [5.74, 6) is 3.06. The van der Waals surface area contributed by atoms with E-state index in [0.29, 0.717) is 0 Å². The average Bonchev–Trinajstić information content (AvgIpc) is 2.94. The third kappa shape index (κ3) is 6.19. The molecule has 4 heteroatoms. The highest BCUT2D eigenvalue weighted by Gasteiger charge is 2.08. The summed E-state index contributed by atoms with van der Waals surface area (Å²) in [6, 6.07) is 29.9. The Labute approximate surface area is 214 Å². The van der Waals surface area contributed by atoms with E-state index in [9.17, 15) is 0 Å². The van der Waals surface area contributed by atoms with Crippen LogP contribution in [0, 0.1) is 0 Å². The van der Waals surface area contributed by atoms with E-state index >= 15 is 0 Å². The number of methoxy groups -OCH3 is 4. The predicted octanol–water partition coefficient (Wildman–Crippen LogP) is 6.96. The molecule has 4 aromatic carbocycles. The Morgan fingerprint density at radius 1 is 0.389 bits per heavy atom. The minimum Gasteiger partial charge on any atom is -0.493 e. The summed E-state index contributed by atoms with van der Waals surface area (Å²) in [6.45, 7) is 0. The van der Waals surface area contributed by atoms with Gasteiger partial charge in [-0.25, -0.2) is 0 Å². The maximum Gasteiger partial charge on any atom is 0.160 e. The van der Waals surface area contributed by atoms with Crippen molar-refractivity contribution >= 4 is 0 Å². The predicted molar refractivity (Wildman–Crippen MR) is 146 cm³/mol. The molecule has 0 amide bonds. The first kappa shape index (κ1) is 25.2. The molecule has 0 saturated heterocycles. The second-order valence-corrected chi connectivity index (χ2v) is 8.78. The van der Waals surface area contributed by atoms with Crippen molar-refractivity contribution in [2.75, 3.05) is 28.4 Å². The smallest absolute Gasteiger partial charge is 0.160 e. The summed E-state index contributed by atoms with van der Waals surface area (Å²) in [5.41, 5.74) is 7.59. The van der Waals surface area contributed by atoms with Gasteiger partial charge in [0.2, 0.25) is 0 Å². The minimum atomic E-state index is 0.759. The summed E-state index contributed by atoms with van der Waals surface area (Å²) in [7, 11) is 6.67. The highest BCUT2D eigenvalue weighted by Crippen LogP contribution is 2.30. The van der Waals surface area contributed by atoms with Gasteiger partial charge in [0, 0.05) is 0 Å². The van der Waals surface area contributed by atoms with Gasteiger partial charge in [0.1, 0.15) is 0 Å². The van der Waals surface area contributed by atoms with Gasteiger partial charge >= 0.3 is 0 Å². The lowest BCUT2D eigenvalue weighted by Gasteiger charge is -2.11. The van der Waals surface area contributed by atoms with Crippen LogP contribution < -0.4 is 18.9 Å². The van der Waals surface area contributed by atoms with Gasteiger partial charge in [-0.1, -0.05) is 60.7 Å². The van der Waals surface area contributed by atoms with E-state index in [1.807, 2.05) is 12.1 Å². The number of ether oxygens (including phenoxy) is 4. The van der Waals surface area contributed by atoms with E-state index in [-0.39, 0.29) is 0 Å². The van der Waals surface area contributed by atoms with Crippen LogP contribution in [0.1, 0.15) is 22.3 Å². The first-order chi connectivity index (χ1) is 17.6. The molecule has 0 aliphatic heterocycles. The second-order valence-electron chi connectivity index (χ2n) is 8.78. The highest BCUT2D eigenvalue weighted by atomic mass is 16.5. The Balaban J connectivity index is 1.43. The molecule has 0 heterocycles. The molecule has 0 aromatic heterocycles. The van der Waals surface area contributed by atoms with Crippen LogP contribution in [0.3, 0.4) is 0 Å².